The Hall–Kier alpha value is -1.48. The molecular weight excluding hydrogens is 230 g/mol. The van der Waals surface area contributed by atoms with E-state index in [0.29, 0.717) is 0 Å². The minimum absolute atomic E-state index is 0.839. The quantitative estimate of drug-likeness (QED) is 0.892. The first kappa shape index (κ1) is 10.7. The van der Waals surface area contributed by atoms with Crippen LogP contribution in [0.3, 0.4) is 0 Å². The van der Waals surface area contributed by atoms with Crippen molar-refractivity contribution in [3.8, 4) is 5.75 Å². The maximum absolute atomic E-state index is 5.50. The number of hydrogen-bond acceptors (Lipinski definition) is 3. The Labute approximate surface area is 105 Å². The van der Waals surface area contributed by atoms with Crippen molar-refractivity contribution >= 4 is 17.0 Å². The van der Waals surface area contributed by atoms with E-state index in [2.05, 4.69) is 40.3 Å². The van der Waals surface area contributed by atoms with Crippen LogP contribution in [0.2, 0.25) is 0 Å². The summed E-state index contributed by atoms with van der Waals surface area (Å²) in [6.45, 7) is 1.82. The lowest BCUT2D eigenvalue weighted by atomic mass is 10.1. The molecule has 0 saturated heterocycles. The lowest BCUT2D eigenvalue weighted by molar-refractivity contribution is 0.357. The highest BCUT2D eigenvalue weighted by Gasteiger charge is 2.11. The third kappa shape index (κ3) is 2.44. The van der Waals surface area contributed by atoms with Crippen molar-refractivity contribution < 1.29 is 4.74 Å². The Morgan fingerprint density at radius 3 is 3.18 bits per heavy atom. The number of anilines is 1. The summed E-state index contributed by atoms with van der Waals surface area (Å²) >= 11 is 1.72. The van der Waals surface area contributed by atoms with Gasteiger partial charge in [-0.1, -0.05) is 12.1 Å². The molecule has 2 aromatic rings. The second-order valence-electron chi connectivity index (χ2n) is 4.23. The molecular formula is C14H15NOS. The summed E-state index contributed by atoms with van der Waals surface area (Å²) in [7, 11) is 0. The number of thiophene rings is 1. The second-order valence-corrected chi connectivity index (χ2v) is 5.01. The van der Waals surface area contributed by atoms with E-state index in [1.54, 1.807) is 11.3 Å². The SMILES string of the molecule is c1cc(NCCc2ccc3c(c2)CCO3)cs1. The maximum Gasteiger partial charge on any atom is 0.122 e. The predicted molar refractivity (Wildman–Crippen MR) is 72.2 cm³/mol. The number of nitrogens with one attached hydrogen (secondary N) is 1. The van der Waals surface area contributed by atoms with Crippen molar-refractivity contribution in [2.24, 2.45) is 0 Å². The molecule has 1 aromatic heterocycles. The van der Waals surface area contributed by atoms with E-state index < -0.39 is 0 Å². The number of rotatable bonds is 4. The zero-order valence-corrected chi connectivity index (χ0v) is 10.4. The summed E-state index contributed by atoms with van der Waals surface area (Å²) in [5.74, 6) is 1.07. The van der Waals surface area contributed by atoms with Crippen molar-refractivity contribution in [1.82, 2.24) is 0 Å². The lowest BCUT2D eigenvalue weighted by Gasteiger charge is -2.06. The summed E-state index contributed by atoms with van der Waals surface area (Å²) < 4.78 is 5.50. The summed E-state index contributed by atoms with van der Waals surface area (Å²) in [4.78, 5) is 0. The highest BCUT2D eigenvalue weighted by Crippen LogP contribution is 2.26. The van der Waals surface area contributed by atoms with Crippen molar-refractivity contribution in [3.63, 3.8) is 0 Å². The molecule has 0 radical (unpaired) electrons. The fourth-order valence-electron chi connectivity index (χ4n) is 2.11. The first-order chi connectivity index (χ1) is 8.42. The van der Waals surface area contributed by atoms with Crippen molar-refractivity contribution in [2.75, 3.05) is 18.5 Å². The topological polar surface area (TPSA) is 21.3 Å². The fraction of sp³-hybridized carbons (Fsp3) is 0.286. The van der Waals surface area contributed by atoms with Gasteiger partial charge in [-0.3, -0.25) is 0 Å². The third-order valence-electron chi connectivity index (χ3n) is 3.02. The van der Waals surface area contributed by atoms with Gasteiger partial charge in [0.2, 0.25) is 0 Å². The molecule has 2 heterocycles. The normalized spacial score (nSPS) is 13.2. The molecule has 0 atom stereocenters. The second kappa shape index (κ2) is 4.80. The van der Waals surface area contributed by atoms with Crippen LogP contribution in [-0.2, 0) is 12.8 Å². The van der Waals surface area contributed by atoms with Crippen LogP contribution in [0.4, 0.5) is 5.69 Å². The molecule has 1 aromatic carbocycles. The monoisotopic (exact) mass is 245 g/mol. The summed E-state index contributed by atoms with van der Waals surface area (Å²) in [6.07, 6.45) is 2.12. The van der Waals surface area contributed by atoms with E-state index in [1.165, 1.54) is 16.8 Å². The van der Waals surface area contributed by atoms with Gasteiger partial charge in [0, 0.05) is 24.0 Å². The van der Waals surface area contributed by atoms with Gasteiger partial charge >= 0.3 is 0 Å². The molecule has 0 amide bonds. The first-order valence-electron chi connectivity index (χ1n) is 5.92. The van der Waals surface area contributed by atoms with Crippen LogP contribution in [-0.4, -0.2) is 13.2 Å². The number of hydrogen-bond donors (Lipinski definition) is 1. The molecule has 2 nitrogen and oxygen atoms in total. The molecule has 3 rings (SSSR count). The van der Waals surface area contributed by atoms with E-state index in [0.717, 1.165) is 31.7 Å². The molecule has 0 aliphatic carbocycles. The zero-order chi connectivity index (χ0) is 11.5. The minimum Gasteiger partial charge on any atom is -0.493 e. The van der Waals surface area contributed by atoms with Gasteiger partial charge in [-0.05, 0) is 35.1 Å². The van der Waals surface area contributed by atoms with Gasteiger partial charge in [0.1, 0.15) is 5.75 Å². The third-order valence-corrected chi connectivity index (χ3v) is 3.70. The summed E-state index contributed by atoms with van der Waals surface area (Å²) in [5, 5.41) is 7.65. The van der Waals surface area contributed by atoms with Crippen LogP contribution < -0.4 is 10.1 Å². The lowest BCUT2D eigenvalue weighted by Crippen LogP contribution is -2.03. The van der Waals surface area contributed by atoms with Crippen LogP contribution in [0.5, 0.6) is 5.75 Å². The van der Waals surface area contributed by atoms with Crippen molar-refractivity contribution in [1.29, 1.82) is 0 Å². The van der Waals surface area contributed by atoms with Gasteiger partial charge in [-0.15, -0.1) is 0 Å². The molecule has 0 saturated carbocycles. The van der Waals surface area contributed by atoms with E-state index in [-0.39, 0.29) is 0 Å². The van der Waals surface area contributed by atoms with Crippen LogP contribution in [0.25, 0.3) is 0 Å². The van der Waals surface area contributed by atoms with Crippen molar-refractivity contribution in [3.05, 3.63) is 46.2 Å². The van der Waals surface area contributed by atoms with Gasteiger partial charge in [0.15, 0.2) is 0 Å². The Balaban J connectivity index is 1.58. The van der Waals surface area contributed by atoms with Gasteiger partial charge in [0.05, 0.1) is 6.61 Å². The van der Waals surface area contributed by atoms with Crippen LogP contribution in [0.1, 0.15) is 11.1 Å². The largest absolute Gasteiger partial charge is 0.493 e. The molecule has 1 aliphatic heterocycles. The van der Waals surface area contributed by atoms with Gasteiger partial charge in [0.25, 0.3) is 0 Å². The molecule has 88 valence electrons. The first-order valence-corrected chi connectivity index (χ1v) is 6.87. The Kier molecular flexibility index (Phi) is 3.01. The van der Waals surface area contributed by atoms with E-state index in [4.69, 9.17) is 4.74 Å². The molecule has 1 N–H and O–H groups in total. The summed E-state index contributed by atoms with van der Waals surface area (Å²) in [5.41, 5.74) is 3.97. The molecule has 0 bridgehead atoms. The van der Waals surface area contributed by atoms with Crippen LogP contribution >= 0.6 is 11.3 Å². The smallest absolute Gasteiger partial charge is 0.122 e. The van der Waals surface area contributed by atoms with Crippen LogP contribution in [0.15, 0.2) is 35.0 Å². The average Bonchev–Trinajstić information content (AvgIpc) is 2.98. The van der Waals surface area contributed by atoms with Gasteiger partial charge < -0.3 is 10.1 Å². The molecule has 1 aliphatic rings. The van der Waals surface area contributed by atoms with E-state index in [9.17, 15) is 0 Å². The molecule has 3 heteroatoms. The Bertz CT molecular complexity index is 493. The molecule has 0 spiro atoms. The molecule has 0 unspecified atom stereocenters. The number of fused-ring (bicyclic) bond motifs is 1. The Morgan fingerprint density at radius 1 is 1.29 bits per heavy atom. The highest BCUT2D eigenvalue weighted by molar-refractivity contribution is 7.08. The average molecular weight is 245 g/mol. The standard InChI is InChI=1S/C14H15NOS/c1-2-14-12(4-7-16-14)9-11(1)3-6-15-13-5-8-17-10-13/h1-2,5,8-10,15H,3-4,6-7H2. The predicted octanol–water partition coefficient (Wildman–Crippen LogP) is 3.34. The minimum atomic E-state index is 0.839. The van der Waals surface area contributed by atoms with E-state index in [1.807, 2.05) is 0 Å². The maximum atomic E-state index is 5.50. The summed E-state index contributed by atoms with van der Waals surface area (Å²) in [6, 6.07) is 8.65. The Morgan fingerprint density at radius 2 is 2.29 bits per heavy atom. The van der Waals surface area contributed by atoms with Crippen molar-refractivity contribution in [2.45, 2.75) is 12.8 Å². The zero-order valence-electron chi connectivity index (χ0n) is 9.61. The van der Waals surface area contributed by atoms with Crippen LogP contribution in [0, 0.1) is 0 Å². The van der Waals surface area contributed by atoms with Gasteiger partial charge in [-0.2, -0.15) is 11.3 Å². The molecule has 0 fully saturated rings. The number of benzene rings is 1. The molecule has 17 heavy (non-hydrogen) atoms. The van der Waals surface area contributed by atoms with Gasteiger partial charge in [-0.25, -0.2) is 0 Å². The van der Waals surface area contributed by atoms with E-state index >= 15 is 0 Å². The highest BCUT2D eigenvalue weighted by atomic mass is 32.1. The number of ether oxygens (including phenoxy) is 1. The fourth-order valence-corrected chi connectivity index (χ4v) is 2.72.